The van der Waals surface area contributed by atoms with Crippen LogP contribution in [0, 0.1) is 11.8 Å². The molecule has 0 spiro atoms. The van der Waals surface area contributed by atoms with Crippen LogP contribution in [0.1, 0.15) is 45.8 Å². The Bertz CT molecular complexity index is 620. The molecule has 136 valence electrons. The summed E-state index contributed by atoms with van der Waals surface area (Å²) in [5.41, 5.74) is 1.33. The van der Waals surface area contributed by atoms with Crippen LogP contribution in [0.3, 0.4) is 0 Å². The summed E-state index contributed by atoms with van der Waals surface area (Å²) in [7, 11) is 0. The number of nitrogens with one attached hydrogen (secondary N) is 2. The summed E-state index contributed by atoms with van der Waals surface area (Å²) in [4.78, 5) is 29.0. The summed E-state index contributed by atoms with van der Waals surface area (Å²) in [6.07, 6.45) is 6.78. The van der Waals surface area contributed by atoms with E-state index in [2.05, 4.69) is 10.6 Å². The lowest BCUT2D eigenvalue weighted by Gasteiger charge is -2.21. The van der Waals surface area contributed by atoms with Gasteiger partial charge in [-0.3, -0.25) is 9.59 Å². The van der Waals surface area contributed by atoms with E-state index in [1.54, 1.807) is 11.3 Å². The van der Waals surface area contributed by atoms with E-state index >= 15 is 0 Å². The van der Waals surface area contributed by atoms with Crippen molar-refractivity contribution in [2.45, 2.75) is 38.5 Å². The first-order chi connectivity index (χ1) is 12.2. The molecule has 2 N–H and O–H groups in total. The number of amides is 2. The topological polar surface area (TPSA) is 61.4 Å². The van der Waals surface area contributed by atoms with Crippen molar-refractivity contribution in [3.05, 3.63) is 21.4 Å². The molecule has 1 aromatic heterocycles. The van der Waals surface area contributed by atoms with Crippen molar-refractivity contribution in [3.8, 4) is 0 Å². The molecule has 2 aliphatic heterocycles. The molecule has 0 bridgehead atoms. The third-order valence-corrected chi connectivity index (χ3v) is 7.23. The van der Waals surface area contributed by atoms with Crippen molar-refractivity contribution in [2.24, 2.45) is 11.8 Å². The molecule has 6 heteroatoms. The van der Waals surface area contributed by atoms with Gasteiger partial charge >= 0.3 is 0 Å². The van der Waals surface area contributed by atoms with Gasteiger partial charge in [0.15, 0.2) is 0 Å². The van der Waals surface area contributed by atoms with Crippen LogP contribution >= 0.6 is 11.3 Å². The number of hydrogen-bond acceptors (Lipinski definition) is 4. The molecule has 0 radical (unpaired) electrons. The first-order valence-corrected chi connectivity index (χ1v) is 10.4. The third kappa shape index (κ3) is 3.75. The van der Waals surface area contributed by atoms with Crippen molar-refractivity contribution < 1.29 is 9.59 Å². The molecular formula is C19H27N3O2S. The van der Waals surface area contributed by atoms with Crippen molar-refractivity contribution >= 4 is 23.2 Å². The predicted octanol–water partition coefficient (Wildman–Crippen LogP) is 1.81. The molecule has 0 aromatic carbocycles. The Morgan fingerprint density at radius 3 is 2.60 bits per heavy atom. The highest BCUT2D eigenvalue weighted by molar-refractivity contribution is 7.14. The number of nitrogens with zero attached hydrogens (tertiary/aromatic N) is 1. The average Bonchev–Trinajstić information content (AvgIpc) is 3.21. The van der Waals surface area contributed by atoms with Gasteiger partial charge in [-0.15, -0.1) is 11.3 Å². The Hall–Kier alpha value is -1.40. The van der Waals surface area contributed by atoms with Crippen LogP contribution in [0.15, 0.2) is 6.07 Å². The minimum Gasteiger partial charge on any atom is -0.342 e. The van der Waals surface area contributed by atoms with Gasteiger partial charge < -0.3 is 15.5 Å². The number of carbonyl (C=O) groups is 2. The van der Waals surface area contributed by atoms with E-state index in [1.165, 1.54) is 23.3 Å². The minimum atomic E-state index is -0.0939. The molecule has 5 nitrogen and oxygen atoms in total. The second kappa shape index (κ2) is 7.46. The molecule has 1 aliphatic carbocycles. The molecule has 3 aliphatic rings. The van der Waals surface area contributed by atoms with E-state index in [-0.39, 0.29) is 18.4 Å². The van der Waals surface area contributed by atoms with Crippen LogP contribution in [0.2, 0.25) is 0 Å². The van der Waals surface area contributed by atoms with E-state index in [4.69, 9.17) is 0 Å². The average molecular weight is 362 g/mol. The Morgan fingerprint density at radius 1 is 1.16 bits per heavy atom. The summed E-state index contributed by atoms with van der Waals surface area (Å²) in [5.74, 6) is 1.39. The number of carbonyl (C=O) groups excluding carboxylic acids is 2. The second-order valence-electron chi connectivity index (χ2n) is 7.59. The summed E-state index contributed by atoms with van der Waals surface area (Å²) in [6, 6.07) is 2.03. The Morgan fingerprint density at radius 2 is 1.88 bits per heavy atom. The fourth-order valence-electron chi connectivity index (χ4n) is 4.42. The smallest absolute Gasteiger partial charge is 0.261 e. The largest absolute Gasteiger partial charge is 0.342 e. The van der Waals surface area contributed by atoms with Crippen molar-refractivity contribution in [2.75, 3.05) is 32.7 Å². The summed E-state index contributed by atoms with van der Waals surface area (Å²) in [6.45, 7) is 3.95. The van der Waals surface area contributed by atoms with Gasteiger partial charge in [-0.25, -0.2) is 0 Å². The molecule has 2 atom stereocenters. The monoisotopic (exact) mass is 361 g/mol. The summed E-state index contributed by atoms with van der Waals surface area (Å²) in [5, 5.41) is 6.30. The van der Waals surface area contributed by atoms with E-state index in [0.29, 0.717) is 11.8 Å². The van der Waals surface area contributed by atoms with Crippen molar-refractivity contribution in [3.63, 3.8) is 0 Å². The van der Waals surface area contributed by atoms with Gasteiger partial charge in [0, 0.05) is 18.0 Å². The van der Waals surface area contributed by atoms with Crippen LogP contribution in [-0.2, 0) is 17.6 Å². The zero-order chi connectivity index (χ0) is 17.2. The van der Waals surface area contributed by atoms with Crippen LogP contribution in [-0.4, -0.2) is 49.4 Å². The standard InChI is InChI=1S/C19H27N3O2S/c23-18(22-7-5-14-10-20-11-15(14)6-8-22)12-21-19(24)17-9-13-3-1-2-4-16(13)25-17/h9,14-15,20H,1-8,10-12H2,(H,21,24)/t14-,15+. The normalized spacial score (nSPS) is 25.8. The molecule has 2 saturated heterocycles. The Balaban J connectivity index is 1.29. The lowest BCUT2D eigenvalue weighted by molar-refractivity contribution is -0.130. The fraction of sp³-hybridized carbons (Fsp3) is 0.684. The lowest BCUT2D eigenvalue weighted by Crippen LogP contribution is -2.40. The van der Waals surface area contributed by atoms with Crippen LogP contribution in [0.5, 0.6) is 0 Å². The van der Waals surface area contributed by atoms with Crippen LogP contribution in [0.25, 0.3) is 0 Å². The highest BCUT2D eigenvalue weighted by atomic mass is 32.1. The quantitative estimate of drug-likeness (QED) is 0.863. The first-order valence-electron chi connectivity index (χ1n) is 9.59. The second-order valence-corrected chi connectivity index (χ2v) is 8.72. The molecule has 0 saturated carbocycles. The van der Waals surface area contributed by atoms with Gasteiger partial charge in [0.05, 0.1) is 11.4 Å². The van der Waals surface area contributed by atoms with Gasteiger partial charge in [-0.2, -0.15) is 0 Å². The summed E-state index contributed by atoms with van der Waals surface area (Å²) >= 11 is 1.60. The number of aryl methyl sites for hydroxylation is 2. The molecule has 0 unspecified atom stereocenters. The number of likely N-dealkylation sites (tertiary alicyclic amines) is 1. The van der Waals surface area contributed by atoms with Crippen LogP contribution in [0.4, 0.5) is 0 Å². The molecule has 2 amide bonds. The summed E-state index contributed by atoms with van der Waals surface area (Å²) < 4.78 is 0. The van der Waals surface area contributed by atoms with Gasteiger partial charge in [-0.1, -0.05) is 0 Å². The lowest BCUT2D eigenvalue weighted by atomic mass is 9.92. The molecule has 4 rings (SSSR count). The zero-order valence-corrected chi connectivity index (χ0v) is 15.5. The van der Waals surface area contributed by atoms with E-state index < -0.39 is 0 Å². The van der Waals surface area contributed by atoms with E-state index in [9.17, 15) is 9.59 Å². The molecule has 2 fully saturated rings. The third-order valence-electron chi connectivity index (χ3n) is 5.99. The van der Waals surface area contributed by atoms with Crippen molar-refractivity contribution in [1.29, 1.82) is 0 Å². The van der Waals surface area contributed by atoms with Crippen molar-refractivity contribution in [1.82, 2.24) is 15.5 Å². The fourth-order valence-corrected chi connectivity index (χ4v) is 5.59. The molecule has 3 heterocycles. The SMILES string of the molecule is O=C(NCC(=O)N1CC[C@@H]2CNC[C@@H]2CC1)c1cc2c(s1)CCCC2. The maximum absolute atomic E-state index is 12.5. The van der Waals surface area contributed by atoms with Gasteiger partial charge in [-0.05, 0) is 75.1 Å². The Kier molecular flexibility index (Phi) is 5.08. The van der Waals surface area contributed by atoms with Crippen LogP contribution < -0.4 is 10.6 Å². The maximum Gasteiger partial charge on any atom is 0.261 e. The number of rotatable bonds is 3. The molecule has 1 aromatic rings. The minimum absolute atomic E-state index is 0.0580. The zero-order valence-electron chi connectivity index (χ0n) is 14.7. The maximum atomic E-state index is 12.5. The highest BCUT2D eigenvalue weighted by Gasteiger charge is 2.31. The van der Waals surface area contributed by atoms with E-state index in [0.717, 1.165) is 56.7 Å². The Labute approximate surface area is 153 Å². The highest BCUT2D eigenvalue weighted by Crippen LogP contribution is 2.30. The van der Waals surface area contributed by atoms with Gasteiger partial charge in [0.1, 0.15) is 0 Å². The number of hydrogen-bond donors (Lipinski definition) is 2. The van der Waals surface area contributed by atoms with Gasteiger partial charge in [0.25, 0.3) is 5.91 Å². The molecular weight excluding hydrogens is 334 g/mol. The first kappa shape index (κ1) is 17.0. The van der Waals surface area contributed by atoms with E-state index in [1.807, 2.05) is 11.0 Å². The number of thiophene rings is 1. The van der Waals surface area contributed by atoms with Gasteiger partial charge in [0.2, 0.25) is 5.91 Å². The number of fused-ring (bicyclic) bond motifs is 2. The molecule has 25 heavy (non-hydrogen) atoms. The predicted molar refractivity (Wildman–Crippen MR) is 99.0 cm³/mol.